The summed E-state index contributed by atoms with van der Waals surface area (Å²) in [5.74, 6) is 0.701. The van der Waals surface area contributed by atoms with E-state index in [1.165, 1.54) is 0 Å². The van der Waals surface area contributed by atoms with Crippen LogP contribution in [0.3, 0.4) is 0 Å². The molecule has 0 bridgehead atoms. The number of nitrogens with two attached hydrogens (primary N) is 1. The fraction of sp³-hybridized carbons (Fsp3) is 0.300. The number of rotatable bonds is 5. The first-order chi connectivity index (χ1) is 6.77. The van der Waals surface area contributed by atoms with Gasteiger partial charge in [0.15, 0.2) is 0 Å². The van der Waals surface area contributed by atoms with Gasteiger partial charge in [0, 0.05) is 7.05 Å². The lowest BCUT2D eigenvalue weighted by atomic mass is 10.3. The Balaban J connectivity index is 2.61. The number of carbonyl (C=O) groups excluding carboxylic acids is 1. The van der Waals surface area contributed by atoms with Gasteiger partial charge in [-0.25, -0.2) is 0 Å². The van der Waals surface area contributed by atoms with E-state index in [-0.39, 0.29) is 6.61 Å². The molecule has 0 fully saturated rings. The Labute approximate surface area is 83.1 Å². The van der Waals surface area contributed by atoms with Crippen LogP contribution in [0.1, 0.15) is 0 Å². The quantitative estimate of drug-likeness (QED) is 0.675. The van der Waals surface area contributed by atoms with Crippen molar-refractivity contribution in [3.8, 4) is 5.75 Å². The number of hydrogen-bond donors (Lipinski definition) is 2. The maximum atomic E-state index is 10.3. The molecule has 0 unspecified atom stereocenters. The third-order valence-electron chi connectivity index (χ3n) is 1.76. The lowest BCUT2D eigenvalue weighted by molar-refractivity contribution is -0.109. The van der Waals surface area contributed by atoms with Crippen LogP contribution in [-0.2, 0) is 4.79 Å². The molecular weight excluding hydrogens is 180 g/mol. The Kier molecular flexibility index (Phi) is 3.94. The van der Waals surface area contributed by atoms with Crippen LogP contribution in [0.25, 0.3) is 0 Å². The van der Waals surface area contributed by atoms with Crippen molar-refractivity contribution in [1.82, 2.24) is 0 Å². The minimum absolute atomic E-state index is 0.197. The lowest BCUT2D eigenvalue weighted by Crippen LogP contribution is -2.29. The average molecular weight is 194 g/mol. The number of hydrogen-bond acceptors (Lipinski definition) is 4. The molecule has 0 aliphatic rings. The molecule has 4 heteroatoms. The van der Waals surface area contributed by atoms with E-state index in [4.69, 9.17) is 10.5 Å². The van der Waals surface area contributed by atoms with Crippen LogP contribution in [0.15, 0.2) is 24.3 Å². The first kappa shape index (κ1) is 10.5. The van der Waals surface area contributed by atoms with Crippen molar-refractivity contribution >= 4 is 12.0 Å². The van der Waals surface area contributed by atoms with E-state index in [0.717, 1.165) is 5.69 Å². The van der Waals surface area contributed by atoms with Gasteiger partial charge in [-0.2, -0.15) is 0 Å². The summed E-state index contributed by atoms with van der Waals surface area (Å²) < 4.78 is 5.36. The molecule has 0 spiro atoms. The van der Waals surface area contributed by atoms with Crippen molar-refractivity contribution in [1.29, 1.82) is 0 Å². The topological polar surface area (TPSA) is 64.3 Å². The third-order valence-corrected chi connectivity index (χ3v) is 1.76. The summed E-state index contributed by atoms with van der Waals surface area (Å²) in [4.78, 5) is 10.3. The molecule has 0 aliphatic carbocycles. The number of para-hydroxylation sites is 2. The van der Waals surface area contributed by atoms with Crippen molar-refractivity contribution in [3.63, 3.8) is 0 Å². The highest BCUT2D eigenvalue weighted by molar-refractivity contribution is 5.58. The Morgan fingerprint density at radius 3 is 2.93 bits per heavy atom. The molecule has 1 aromatic carbocycles. The highest BCUT2D eigenvalue weighted by Crippen LogP contribution is 2.22. The maximum Gasteiger partial charge on any atom is 0.142 e. The molecular formula is C10H14N2O2. The van der Waals surface area contributed by atoms with E-state index in [0.29, 0.717) is 12.0 Å². The predicted molar refractivity (Wildman–Crippen MR) is 55.5 cm³/mol. The zero-order chi connectivity index (χ0) is 10.4. The van der Waals surface area contributed by atoms with Gasteiger partial charge in [-0.3, -0.25) is 0 Å². The monoisotopic (exact) mass is 194 g/mol. The van der Waals surface area contributed by atoms with Crippen LogP contribution in [0.2, 0.25) is 0 Å². The Bertz CT molecular complexity index is 302. The first-order valence-corrected chi connectivity index (χ1v) is 4.38. The summed E-state index contributed by atoms with van der Waals surface area (Å²) in [6.45, 7) is 0.197. The molecule has 0 heterocycles. The summed E-state index contributed by atoms with van der Waals surface area (Å²) in [6, 6.07) is 6.91. The van der Waals surface area contributed by atoms with Crippen molar-refractivity contribution < 1.29 is 9.53 Å². The SMILES string of the molecule is CNc1ccccc1OC[C@@H](N)C=O. The summed E-state index contributed by atoms with van der Waals surface area (Å²) in [6.07, 6.45) is 0.669. The fourth-order valence-electron chi connectivity index (χ4n) is 1.02. The molecule has 1 aromatic rings. The van der Waals surface area contributed by atoms with Crippen molar-refractivity contribution in [2.75, 3.05) is 19.0 Å². The Morgan fingerprint density at radius 1 is 1.57 bits per heavy atom. The van der Waals surface area contributed by atoms with E-state index in [1.54, 1.807) is 0 Å². The van der Waals surface area contributed by atoms with Gasteiger partial charge in [-0.1, -0.05) is 12.1 Å². The smallest absolute Gasteiger partial charge is 0.142 e. The van der Waals surface area contributed by atoms with E-state index in [2.05, 4.69) is 5.32 Å². The Hall–Kier alpha value is -1.55. The lowest BCUT2D eigenvalue weighted by Gasteiger charge is -2.11. The molecule has 0 saturated carbocycles. The fourth-order valence-corrected chi connectivity index (χ4v) is 1.02. The molecule has 0 saturated heterocycles. The van der Waals surface area contributed by atoms with E-state index in [1.807, 2.05) is 31.3 Å². The summed E-state index contributed by atoms with van der Waals surface area (Å²) in [5.41, 5.74) is 6.28. The molecule has 0 radical (unpaired) electrons. The number of carbonyl (C=O) groups is 1. The minimum Gasteiger partial charge on any atom is -0.489 e. The molecule has 1 rings (SSSR count). The standard InChI is InChI=1S/C10H14N2O2/c1-12-9-4-2-3-5-10(9)14-7-8(11)6-13/h2-6,8,12H,7,11H2,1H3/t8-/m0/s1. The number of anilines is 1. The average Bonchev–Trinajstić information content (AvgIpc) is 2.26. The van der Waals surface area contributed by atoms with Gasteiger partial charge in [0.05, 0.1) is 11.7 Å². The van der Waals surface area contributed by atoms with Gasteiger partial charge in [0.25, 0.3) is 0 Å². The van der Waals surface area contributed by atoms with Crippen molar-refractivity contribution in [3.05, 3.63) is 24.3 Å². The molecule has 1 atom stereocenters. The molecule has 3 N–H and O–H groups in total. The number of nitrogens with one attached hydrogen (secondary N) is 1. The largest absolute Gasteiger partial charge is 0.489 e. The van der Waals surface area contributed by atoms with Gasteiger partial charge in [0.1, 0.15) is 18.6 Å². The van der Waals surface area contributed by atoms with Gasteiger partial charge in [0.2, 0.25) is 0 Å². The van der Waals surface area contributed by atoms with Crippen molar-refractivity contribution in [2.24, 2.45) is 5.73 Å². The summed E-state index contributed by atoms with van der Waals surface area (Å²) >= 11 is 0. The van der Waals surface area contributed by atoms with E-state index >= 15 is 0 Å². The third kappa shape index (κ3) is 2.74. The van der Waals surface area contributed by atoms with E-state index in [9.17, 15) is 4.79 Å². The molecule has 0 aromatic heterocycles. The zero-order valence-electron chi connectivity index (χ0n) is 8.07. The zero-order valence-corrected chi connectivity index (χ0v) is 8.07. The van der Waals surface area contributed by atoms with Crippen LogP contribution < -0.4 is 15.8 Å². The maximum absolute atomic E-state index is 10.3. The molecule has 4 nitrogen and oxygen atoms in total. The molecule has 0 aliphatic heterocycles. The Morgan fingerprint density at radius 2 is 2.29 bits per heavy atom. The second-order valence-electron chi connectivity index (χ2n) is 2.86. The molecule has 76 valence electrons. The van der Waals surface area contributed by atoms with Crippen LogP contribution in [0.5, 0.6) is 5.75 Å². The van der Waals surface area contributed by atoms with Crippen LogP contribution in [0, 0.1) is 0 Å². The number of ether oxygens (including phenoxy) is 1. The van der Waals surface area contributed by atoms with Gasteiger partial charge < -0.3 is 20.6 Å². The van der Waals surface area contributed by atoms with Crippen molar-refractivity contribution in [2.45, 2.75) is 6.04 Å². The summed E-state index contributed by atoms with van der Waals surface area (Å²) in [5, 5.41) is 2.98. The van der Waals surface area contributed by atoms with Crippen LogP contribution in [0.4, 0.5) is 5.69 Å². The summed E-state index contributed by atoms with van der Waals surface area (Å²) in [7, 11) is 1.81. The predicted octanol–water partition coefficient (Wildman–Crippen LogP) is 0.633. The van der Waals surface area contributed by atoms with E-state index < -0.39 is 6.04 Å². The van der Waals surface area contributed by atoms with Gasteiger partial charge >= 0.3 is 0 Å². The second kappa shape index (κ2) is 5.24. The van der Waals surface area contributed by atoms with Gasteiger partial charge in [-0.15, -0.1) is 0 Å². The van der Waals surface area contributed by atoms with Crippen LogP contribution >= 0.6 is 0 Å². The molecule has 0 amide bonds. The minimum atomic E-state index is -0.570. The highest BCUT2D eigenvalue weighted by atomic mass is 16.5. The molecule has 14 heavy (non-hydrogen) atoms. The normalized spacial score (nSPS) is 11.9. The number of benzene rings is 1. The van der Waals surface area contributed by atoms with Crippen LogP contribution in [-0.4, -0.2) is 26.0 Å². The number of aldehydes is 1. The highest BCUT2D eigenvalue weighted by Gasteiger charge is 2.03. The first-order valence-electron chi connectivity index (χ1n) is 4.38. The second-order valence-corrected chi connectivity index (χ2v) is 2.86. The van der Waals surface area contributed by atoms with Gasteiger partial charge in [-0.05, 0) is 12.1 Å².